The minimum Gasteiger partial charge on any atom is -0.508 e. The van der Waals surface area contributed by atoms with Gasteiger partial charge < -0.3 is 46.0 Å². The molecule has 0 aliphatic carbocycles. The molecule has 9 heteroatoms. The van der Waals surface area contributed by atoms with Gasteiger partial charge in [0.25, 0.3) is 0 Å². The Balaban J connectivity index is 1.17. The number of phenolic OH excluding ortho intramolecular Hbond substituents is 9. The highest BCUT2D eigenvalue weighted by molar-refractivity contribution is 5.62. The van der Waals surface area contributed by atoms with E-state index >= 15 is 0 Å². The third-order valence-electron chi connectivity index (χ3n) is 16.3. The van der Waals surface area contributed by atoms with Crippen molar-refractivity contribution in [2.75, 3.05) is 0 Å². The van der Waals surface area contributed by atoms with Crippen LogP contribution in [0.2, 0.25) is 0 Å². The summed E-state index contributed by atoms with van der Waals surface area (Å²) in [4.78, 5) is 0. The third-order valence-corrected chi connectivity index (χ3v) is 16.3. The van der Waals surface area contributed by atoms with Crippen molar-refractivity contribution in [1.29, 1.82) is 0 Å². The Morgan fingerprint density at radius 2 is 0.543 bits per heavy atom. The summed E-state index contributed by atoms with van der Waals surface area (Å²) in [5, 5.41) is 98.1. The van der Waals surface area contributed by atoms with Gasteiger partial charge in [-0.1, -0.05) is 154 Å². The van der Waals surface area contributed by atoms with E-state index in [1.54, 1.807) is 72.8 Å². The maximum absolute atomic E-state index is 12.5. The Labute approximate surface area is 472 Å². The Bertz CT molecular complexity index is 3690. The first-order valence-electron chi connectivity index (χ1n) is 27.2. The highest BCUT2D eigenvalue weighted by Gasteiger charge is 2.36. The number of benzene rings is 10. The summed E-state index contributed by atoms with van der Waals surface area (Å²) in [6.45, 7) is 8.54. The monoisotopic (exact) mass is 1070 g/mol. The van der Waals surface area contributed by atoms with Crippen molar-refractivity contribution in [3.63, 3.8) is 0 Å². The van der Waals surface area contributed by atoms with Crippen LogP contribution in [-0.4, -0.2) is 46.0 Å². The molecule has 0 heterocycles. The lowest BCUT2D eigenvalue weighted by Gasteiger charge is -2.35. The van der Waals surface area contributed by atoms with Gasteiger partial charge in [-0.3, -0.25) is 0 Å². The summed E-state index contributed by atoms with van der Waals surface area (Å²) in [7, 11) is 0. The molecular formula is C72H66O9. The summed E-state index contributed by atoms with van der Waals surface area (Å²) >= 11 is 0. The van der Waals surface area contributed by atoms with Gasteiger partial charge in [0.2, 0.25) is 0 Å². The maximum Gasteiger partial charge on any atom is 0.122 e. The molecule has 2 unspecified atom stereocenters. The Kier molecular flexibility index (Phi) is 15.3. The topological polar surface area (TPSA) is 182 Å². The lowest BCUT2D eigenvalue weighted by Crippen LogP contribution is -2.27. The van der Waals surface area contributed by atoms with Gasteiger partial charge in [-0.05, 0) is 169 Å². The molecule has 0 aliphatic heterocycles. The van der Waals surface area contributed by atoms with Gasteiger partial charge in [0, 0.05) is 54.4 Å². The van der Waals surface area contributed by atoms with Crippen LogP contribution in [0.25, 0.3) is 0 Å². The number of rotatable bonds is 17. The maximum atomic E-state index is 12.5. The fraction of sp³-hybridized carbons (Fsp3) is 0.167. The molecule has 0 bridgehead atoms. The zero-order valence-electron chi connectivity index (χ0n) is 45.8. The molecule has 10 rings (SSSR count). The van der Waals surface area contributed by atoms with E-state index in [9.17, 15) is 46.0 Å². The first kappa shape index (κ1) is 54.7. The summed E-state index contributed by atoms with van der Waals surface area (Å²) in [5.74, 6) is 0.933. The van der Waals surface area contributed by atoms with Crippen molar-refractivity contribution in [3.8, 4) is 51.7 Å². The van der Waals surface area contributed by atoms with Gasteiger partial charge in [-0.15, -0.1) is 0 Å². The Morgan fingerprint density at radius 3 is 0.864 bits per heavy atom. The molecule has 0 amide bonds. The predicted octanol–water partition coefficient (Wildman–Crippen LogP) is 14.8. The van der Waals surface area contributed by atoms with Crippen molar-refractivity contribution in [2.24, 2.45) is 0 Å². The van der Waals surface area contributed by atoms with Crippen molar-refractivity contribution in [3.05, 3.63) is 301 Å². The summed E-state index contributed by atoms with van der Waals surface area (Å²) in [6.07, 6.45) is 1.85. The second-order valence-corrected chi connectivity index (χ2v) is 22.2. The van der Waals surface area contributed by atoms with Crippen LogP contribution in [0.3, 0.4) is 0 Å². The van der Waals surface area contributed by atoms with Gasteiger partial charge >= 0.3 is 0 Å². The third kappa shape index (κ3) is 11.9. The van der Waals surface area contributed by atoms with Crippen molar-refractivity contribution >= 4 is 0 Å². The first-order chi connectivity index (χ1) is 38.8. The predicted molar refractivity (Wildman–Crippen MR) is 319 cm³/mol. The molecule has 408 valence electrons. The molecule has 0 saturated heterocycles. The molecule has 10 aromatic carbocycles. The lowest BCUT2D eigenvalue weighted by molar-refractivity contribution is 0.458. The van der Waals surface area contributed by atoms with E-state index in [1.807, 2.05) is 79.7 Å². The minimum absolute atomic E-state index is 0.127. The highest BCUT2D eigenvalue weighted by atomic mass is 16.3. The van der Waals surface area contributed by atoms with E-state index in [0.29, 0.717) is 54.4 Å². The molecular weight excluding hydrogens is 1010 g/mol. The molecule has 10 aromatic rings. The molecule has 0 aromatic heterocycles. The molecule has 0 aliphatic rings. The standard InChI is InChI=1S/C72H66O9/c1-44(50-15-31-66(78)32-16-50)67-43-60(42-55(70(67)81)37-49-13-29-65(77)30-14-49)72(4,59-40-53(35-47-9-25-63(75)26-10-47)69(80)54(41-59)36-48-11-27-64(76)28-12-48)57-19-17-56(18-20-57)71(2,3)58-38-51(33-45-5-21-61(73)22-6-45)68(79)52(39-58)34-46-7-23-62(74)24-8-46/h5-32,38-44,73-81H,33-37H2,1-4H3. The van der Waals surface area contributed by atoms with Crippen LogP contribution < -0.4 is 0 Å². The summed E-state index contributed by atoms with van der Waals surface area (Å²) < 4.78 is 0. The molecule has 9 nitrogen and oxygen atoms in total. The van der Waals surface area contributed by atoms with Crippen LogP contribution in [0.15, 0.2) is 206 Å². The van der Waals surface area contributed by atoms with E-state index in [2.05, 4.69) is 81.4 Å². The number of hydrogen-bond acceptors (Lipinski definition) is 9. The molecule has 0 fully saturated rings. The van der Waals surface area contributed by atoms with Crippen LogP contribution in [0.1, 0.15) is 128 Å². The van der Waals surface area contributed by atoms with Crippen molar-refractivity contribution in [1.82, 2.24) is 0 Å². The van der Waals surface area contributed by atoms with Gasteiger partial charge in [-0.2, -0.15) is 0 Å². The van der Waals surface area contributed by atoms with Crippen molar-refractivity contribution < 1.29 is 46.0 Å². The van der Waals surface area contributed by atoms with Crippen LogP contribution in [-0.2, 0) is 42.9 Å². The van der Waals surface area contributed by atoms with E-state index in [4.69, 9.17) is 0 Å². The van der Waals surface area contributed by atoms with Gasteiger partial charge in [-0.25, -0.2) is 0 Å². The fourth-order valence-corrected chi connectivity index (χ4v) is 11.2. The van der Waals surface area contributed by atoms with E-state index in [-0.39, 0.29) is 57.7 Å². The number of aromatic hydroxyl groups is 9. The van der Waals surface area contributed by atoms with E-state index < -0.39 is 10.8 Å². The van der Waals surface area contributed by atoms with Gasteiger partial charge in [0.05, 0.1) is 0 Å². The Hall–Kier alpha value is -9.60. The zero-order chi connectivity index (χ0) is 57.2. The molecule has 0 spiro atoms. The lowest BCUT2D eigenvalue weighted by atomic mass is 9.68. The van der Waals surface area contributed by atoms with E-state index in [1.165, 1.54) is 0 Å². The zero-order valence-corrected chi connectivity index (χ0v) is 45.8. The minimum atomic E-state index is -1.00. The number of hydrogen-bond donors (Lipinski definition) is 9. The average molecular weight is 1080 g/mol. The summed E-state index contributed by atoms with van der Waals surface area (Å²) in [5.41, 5.74) is 12.4. The molecule has 2 atom stereocenters. The van der Waals surface area contributed by atoms with E-state index in [0.717, 1.165) is 72.3 Å². The SMILES string of the molecule is CC(c1ccc(O)cc1)c1cc(C(C)(c2ccc(C(C)(C)c3cc(Cc4ccc(O)cc4)c(O)c(Cc4ccc(O)cc4)c3)cc2)c2cc(Cc3ccc(O)cc3)c(O)c(Cc3ccc(O)cc3)c2)cc(Cc2ccc(O)cc2)c1O. The van der Waals surface area contributed by atoms with Crippen LogP contribution in [0, 0.1) is 0 Å². The van der Waals surface area contributed by atoms with Crippen molar-refractivity contribution in [2.45, 2.75) is 76.5 Å². The highest BCUT2D eigenvalue weighted by Crippen LogP contribution is 2.48. The van der Waals surface area contributed by atoms with Crippen LogP contribution in [0.4, 0.5) is 0 Å². The molecule has 0 radical (unpaired) electrons. The van der Waals surface area contributed by atoms with Crippen LogP contribution >= 0.6 is 0 Å². The molecule has 9 N–H and O–H groups in total. The Morgan fingerprint density at radius 1 is 0.284 bits per heavy atom. The largest absolute Gasteiger partial charge is 0.508 e. The second kappa shape index (κ2) is 22.6. The quantitative estimate of drug-likeness (QED) is 0.0401. The van der Waals surface area contributed by atoms with Crippen LogP contribution in [0.5, 0.6) is 51.7 Å². The molecule has 0 saturated carbocycles. The summed E-state index contributed by atoms with van der Waals surface area (Å²) in [6, 6.07) is 62.8. The van der Waals surface area contributed by atoms with Gasteiger partial charge in [0.1, 0.15) is 51.7 Å². The average Bonchev–Trinajstić information content (AvgIpc) is 3.47. The first-order valence-corrected chi connectivity index (χ1v) is 27.2. The number of phenols is 9. The second-order valence-electron chi connectivity index (χ2n) is 22.2. The fourth-order valence-electron chi connectivity index (χ4n) is 11.2. The van der Waals surface area contributed by atoms with Gasteiger partial charge in [0.15, 0.2) is 0 Å². The smallest absolute Gasteiger partial charge is 0.122 e. The normalized spacial score (nSPS) is 12.7. The molecule has 81 heavy (non-hydrogen) atoms.